The Bertz CT molecular complexity index is 1040. The minimum Gasteiger partial charge on any atom is -0.381 e. The van der Waals surface area contributed by atoms with E-state index < -0.39 is 0 Å². The van der Waals surface area contributed by atoms with E-state index in [2.05, 4.69) is 10.6 Å². The number of rotatable bonds is 6. The van der Waals surface area contributed by atoms with E-state index in [1.165, 1.54) is 23.5 Å². The van der Waals surface area contributed by atoms with Gasteiger partial charge in [0.25, 0.3) is 11.8 Å². The zero-order valence-electron chi connectivity index (χ0n) is 16.9. The molecule has 0 saturated carbocycles. The molecule has 1 aromatic heterocycles. The second kappa shape index (κ2) is 9.41. The first kappa shape index (κ1) is 21.2. The van der Waals surface area contributed by atoms with Crippen LogP contribution in [0.3, 0.4) is 0 Å². The number of anilines is 1. The highest BCUT2D eigenvalue weighted by Crippen LogP contribution is 2.34. The maximum absolute atomic E-state index is 13.4. The largest absolute Gasteiger partial charge is 0.381 e. The third-order valence-electron chi connectivity index (χ3n) is 5.66. The van der Waals surface area contributed by atoms with E-state index in [0.29, 0.717) is 35.9 Å². The molecule has 0 atom stereocenters. The Kier molecular flexibility index (Phi) is 6.44. The van der Waals surface area contributed by atoms with Gasteiger partial charge in [0.05, 0.1) is 16.1 Å². The molecule has 5 nitrogen and oxygen atoms in total. The molecule has 7 heteroatoms. The van der Waals surface area contributed by atoms with Crippen LogP contribution in [0.5, 0.6) is 0 Å². The molecule has 0 spiro atoms. The smallest absolute Gasteiger partial charge is 0.265 e. The van der Waals surface area contributed by atoms with Gasteiger partial charge in [-0.15, -0.1) is 11.3 Å². The maximum atomic E-state index is 13.4. The van der Waals surface area contributed by atoms with E-state index in [1.807, 2.05) is 5.38 Å². The zero-order valence-corrected chi connectivity index (χ0v) is 17.7. The molecule has 160 valence electrons. The number of para-hydroxylation sites is 1. The molecule has 0 unspecified atom stereocenters. The number of amides is 2. The van der Waals surface area contributed by atoms with E-state index in [0.717, 1.165) is 18.4 Å². The van der Waals surface area contributed by atoms with Crippen LogP contribution in [0.1, 0.15) is 38.4 Å². The molecule has 1 saturated heterocycles. The molecule has 4 rings (SSSR count). The molecule has 1 aliphatic rings. The quantitative estimate of drug-likeness (QED) is 0.590. The lowest BCUT2D eigenvalue weighted by Gasteiger charge is -2.38. The third-order valence-corrected chi connectivity index (χ3v) is 6.53. The van der Waals surface area contributed by atoms with Crippen LogP contribution in [-0.4, -0.2) is 31.6 Å². The van der Waals surface area contributed by atoms with Crippen LogP contribution in [0.2, 0.25) is 0 Å². The summed E-state index contributed by atoms with van der Waals surface area (Å²) < 4.78 is 19.0. The molecule has 1 aliphatic heterocycles. The summed E-state index contributed by atoms with van der Waals surface area (Å²) in [4.78, 5) is 26.1. The summed E-state index contributed by atoms with van der Waals surface area (Å²) in [6.07, 6.45) is 1.46. The second-order valence-corrected chi connectivity index (χ2v) is 8.51. The van der Waals surface area contributed by atoms with Crippen molar-refractivity contribution in [3.05, 3.63) is 87.9 Å². The van der Waals surface area contributed by atoms with Crippen molar-refractivity contribution in [3.8, 4) is 0 Å². The molecule has 0 radical (unpaired) electrons. The first-order valence-corrected chi connectivity index (χ1v) is 11.0. The number of hydrogen-bond donors (Lipinski definition) is 2. The molecule has 31 heavy (non-hydrogen) atoms. The minimum atomic E-state index is -0.323. The summed E-state index contributed by atoms with van der Waals surface area (Å²) in [6.45, 7) is 1.56. The van der Waals surface area contributed by atoms with Gasteiger partial charge in [0.1, 0.15) is 5.82 Å². The van der Waals surface area contributed by atoms with Crippen LogP contribution in [0, 0.1) is 5.82 Å². The normalized spacial score (nSPS) is 15.3. The van der Waals surface area contributed by atoms with Crippen molar-refractivity contribution in [3.63, 3.8) is 0 Å². The lowest BCUT2D eigenvalue weighted by Crippen LogP contribution is -2.44. The topological polar surface area (TPSA) is 67.4 Å². The number of benzene rings is 2. The average Bonchev–Trinajstić information content (AvgIpc) is 3.34. The van der Waals surface area contributed by atoms with Gasteiger partial charge in [0.15, 0.2) is 0 Å². The highest BCUT2D eigenvalue weighted by atomic mass is 32.1. The Balaban J connectivity index is 1.51. The first-order valence-electron chi connectivity index (χ1n) is 10.1. The van der Waals surface area contributed by atoms with Gasteiger partial charge in [-0.2, -0.15) is 0 Å². The van der Waals surface area contributed by atoms with E-state index in [4.69, 9.17) is 4.74 Å². The SMILES string of the molecule is O=C(Nc1ccccc1C(=O)NCC1(c2ccc(F)cc2)CCOCC1)c1cccs1. The average molecular weight is 439 g/mol. The second-order valence-electron chi connectivity index (χ2n) is 7.56. The molecule has 0 bridgehead atoms. The van der Waals surface area contributed by atoms with Crippen molar-refractivity contribution in [2.45, 2.75) is 18.3 Å². The van der Waals surface area contributed by atoms with Gasteiger partial charge < -0.3 is 15.4 Å². The fourth-order valence-corrected chi connectivity index (χ4v) is 4.48. The van der Waals surface area contributed by atoms with E-state index in [9.17, 15) is 14.0 Å². The van der Waals surface area contributed by atoms with Gasteiger partial charge in [-0.3, -0.25) is 9.59 Å². The van der Waals surface area contributed by atoms with E-state index in [-0.39, 0.29) is 23.0 Å². The molecule has 2 N–H and O–H groups in total. The van der Waals surface area contributed by atoms with E-state index in [1.54, 1.807) is 48.5 Å². The van der Waals surface area contributed by atoms with Crippen molar-refractivity contribution in [1.29, 1.82) is 0 Å². The molecule has 2 heterocycles. The molecular weight excluding hydrogens is 415 g/mol. The molecular formula is C24H23FN2O3S. The Morgan fingerprint density at radius 3 is 2.42 bits per heavy atom. The van der Waals surface area contributed by atoms with Crippen molar-refractivity contribution in [2.24, 2.45) is 0 Å². The van der Waals surface area contributed by atoms with Crippen LogP contribution in [-0.2, 0) is 10.2 Å². The van der Waals surface area contributed by atoms with Gasteiger partial charge in [-0.1, -0.05) is 30.3 Å². The Hall–Kier alpha value is -3.03. The van der Waals surface area contributed by atoms with Gasteiger partial charge in [-0.25, -0.2) is 4.39 Å². The molecule has 3 aromatic rings. The zero-order chi connectivity index (χ0) is 21.7. The predicted molar refractivity (Wildman–Crippen MR) is 119 cm³/mol. The summed E-state index contributed by atoms with van der Waals surface area (Å²) in [7, 11) is 0. The highest BCUT2D eigenvalue weighted by molar-refractivity contribution is 7.12. The molecule has 0 aliphatic carbocycles. The number of carbonyl (C=O) groups is 2. The minimum absolute atomic E-state index is 0.248. The molecule has 1 fully saturated rings. The lowest BCUT2D eigenvalue weighted by molar-refractivity contribution is 0.0487. The lowest BCUT2D eigenvalue weighted by atomic mass is 9.74. The van der Waals surface area contributed by atoms with Crippen molar-refractivity contribution in [2.75, 3.05) is 25.1 Å². The summed E-state index contributed by atoms with van der Waals surface area (Å²) in [5, 5.41) is 7.69. The van der Waals surface area contributed by atoms with Crippen molar-refractivity contribution in [1.82, 2.24) is 5.32 Å². The van der Waals surface area contributed by atoms with Crippen molar-refractivity contribution >= 4 is 28.8 Å². The Labute approximate surface area is 184 Å². The van der Waals surface area contributed by atoms with Crippen LogP contribution in [0.15, 0.2) is 66.0 Å². The number of hydrogen-bond acceptors (Lipinski definition) is 4. The number of carbonyl (C=O) groups excluding carboxylic acids is 2. The first-order chi connectivity index (χ1) is 15.1. The summed E-state index contributed by atoms with van der Waals surface area (Å²) in [6, 6.07) is 16.9. The third kappa shape index (κ3) is 4.84. The summed E-state index contributed by atoms with van der Waals surface area (Å²) in [5.41, 5.74) is 1.52. The number of thiophene rings is 1. The Morgan fingerprint density at radius 2 is 1.71 bits per heavy atom. The predicted octanol–water partition coefficient (Wildman–Crippen LogP) is 4.62. The number of halogens is 1. The van der Waals surface area contributed by atoms with Crippen LogP contribution in [0.25, 0.3) is 0 Å². The van der Waals surface area contributed by atoms with Crippen LogP contribution in [0.4, 0.5) is 10.1 Å². The maximum Gasteiger partial charge on any atom is 0.265 e. The Morgan fingerprint density at radius 1 is 0.968 bits per heavy atom. The number of ether oxygens (including phenoxy) is 1. The summed E-state index contributed by atoms with van der Waals surface area (Å²) >= 11 is 1.34. The fraction of sp³-hybridized carbons (Fsp3) is 0.250. The molecule has 2 aromatic carbocycles. The highest BCUT2D eigenvalue weighted by Gasteiger charge is 2.35. The van der Waals surface area contributed by atoms with Gasteiger partial charge in [0.2, 0.25) is 0 Å². The van der Waals surface area contributed by atoms with Crippen LogP contribution >= 0.6 is 11.3 Å². The number of nitrogens with one attached hydrogen (secondary N) is 2. The fourth-order valence-electron chi connectivity index (χ4n) is 3.86. The van der Waals surface area contributed by atoms with Crippen molar-refractivity contribution < 1.29 is 18.7 Å². The standard InChI is InChI=1S/C24H23FN2O3S/c25-18-9-7-17(8-10-18)24(11-13-30-14-12-24)16-26-22(28)19-4-1-2-5-20(19)27-23(29)21-6-3-15-31-21/h1-10,15H,11-14,16H2,(H,26,28)(H,27,29). The monoisotopic (exact) mass is 438 g/mol. The summed E-state index contributed by atoms with van der Waals surface area (Å²) in [5.74, 6) is -0.803. The van der Waals surface area contributed by atoms with Gasteiger partial charge in [0, 0.05) is 25.2 Å². The van der Waals surface area contributed by atoms with E-state index >= 15 is 0 Å². The van der Waals surface area contributed by atoms with Gasteiger partial charge in [-0.05, 0) is 54.1 Å². The molecule has 2 amide bonds. The van der Waals surface area contributed by atoms with Gasteiger partial charge >= 0.3 is 0 Å². The van der Waals surface area contributed by atoms with Crippen LogP contribution < -0.4 is 10.6 Å².